The van der Waals surface area contributed by atoms with Crippen molar-refractivity contribution in [2.45, 2.75) is 44.8 Å². The summed E-state index contributed by atoms with van der Waals surface area (Å²) in [7, 11) is 1.82. The summed E-state index contributed by atoms with van der Waals surface area (Å²) < 4.78 is 37.3. The van der Waals surface area contributed by atoms with Gasteiger partial charge in [-0.3, -0.25) is 9.78 Å². The van der Waals surface area contributed by atoms with Crippen molar-refractivity contribution in [2.24, 2.45) is 0 Å². The summed E-state index contributed by atoms with van der Waals surface area (Å²) in [5.74, 6) is -1.23. The Balaban J connectivity index is 0.000000339. The molecular formula is C19H22F3N5O4. The second kappa shape index (κ2) is 9.00. The maximum atomic E-state index is 11.6. The van der Waals surface area contributed by atoms with E-state index in [1.165, 1.54) is 11.1 Å². The molecule has 9 nitrogen and oxygen atoms in total. The van der Waals surface area contributed by atoms with Crippen LogP contribution in [0.3, 0.4) is 0 Å². The molecule has 31 heavy (non-hydrogen) atoms. The number of aryl methyl sites for hydroxylation is 1. The van der Waals surface area contributed by atoms with Gasteiger partial charge in [0.1, 0.15) is 0 Å². The molecule has 168 valence electrons. The molecule has 2 aliphatic rings. The minimum atomic E-state index is -5.08. The molecule has 1 saturated heterocycles. The van der Waals surface area contributed by atoms with Crippen molar-refractivity contribution in [3.63, 3.8) is 0 Å². The highest BCUT2D eigenvalue weighted by Crippen LogP contribution is 2.31. The number of aliphatic carboxylic acids is 1. The molecule has 0 aliphatic carbocycles. The van der Waals surface area contributed by atoms with Crippen LogP contribution < -0.4 is 5.32 Å². The summed E-state index contributed by atoms with van der Waals surface area (Å²) in [4.78, 5) is 31.4. The zero-order valence-electron chi connectivity index (χ0n) is 17.0. The molecule has 0 radical (unpaired) electrons. The summed E-state index contributed by atoms with van der Waals surface area (Å²) in [5.41, 5.74) is 4.41. The molecule has 1 unspecified atom stereocenters. The Labute approximate surface area is 175 Å². The first-order valence-corrected chi connectivity index (χ1v) is 9.64. The predicted molar refractivity (Wildman–Crippen MR) is 101 cm³/mol. The Hall–Kier alpha value is -3.02. The van der Waals surface area contributed by atoms with Crippen LogP contribution in [0.2, 0.25) is 0 Å². The van der Waals surface area contributed by atoms with E-state index >= 15 is 0 Å². The largest absolute Gasteiger partial charge is 0.490 e. The van der Waals surface area contributed by atoms with Crippen LogP contribution in [0.15, 0.2) is 10.7 Å². The van der Waals surface area contributed by atoms with Crippen LogP contribution in [-0.2, 0) is 22.6 Å². The molecule has 0 saturated carbocycles. The number of carboxylic acids is 1. The third kappa shape index (κ3) is 5.19. The van der Waals surface area contributed by atoms with Crippen molar-refractivity contribution in [1.82, 2.24) is 25.3 Å². The number of amides is 1. The van der Waals surface area contributed by atoms with Crippen molar-refractivity contribution >= 4 is 11.9 Å². The Bertz CT molecular complexity index is 976. The van der Waals surface area contributed by atoms with E-state index in [2.05, 4.69) is 20.4 Å². The number of carboxylic acid groups (broad SMARTS) is 1. The number of alkyl halides is 3. The Kier molecular flexibility index (Phi) is 6.58. The van der Waals surface area contributed by atoms with E-state index in [1.54, 1.807) is 4.90 Å². The summed E-state index contributed by atoms with van der Waals surface area (Å²) in [6, 6.07) is 0. The van der Waals surface area contributed by atoms with Gasteiger partial charge in [0.2, 0.25) is 17.6 Å². The third-order valence-corrected chi connectivity index (χ3v) is 5.22. The zero-order valence-corrected chi connectivity index (χ0v) is 17.0. The van der Waals surface area contributed by atoms with Gasteiger partial charge < -0.3 is 19.8 Å². The Morgan fingerprint density at radius 3 is 2.71 bits per heavy atom. The summed E-state index contributed by atoms with van der Waals surface area (Å²) in [6.45, 7) is 4.40. The van der Waals surface area contributed by atoms with Gasteiger partial charge in [-0.1, -0.05) is 5.16 Å². The van der Waals surface area contributed by atoms with Crippen molar-refractivity contribution in [1.29, 1.82) is 0 Å². The number of carbonyl (C=O) groups excluding carboxylic acids is 1. The van der Waals surface area contributed by atoms with Gasteiger partial charge in [0.25, 0.3) is 0 Å². The van der Waals surface area contributed by atoms with E-state index in [4.69, 9.17) is 14.4 Å². The maximum Gasteiger partial charge on any atom is 0.490 e. The number of hydrogen-bond acceptors (Lipinski definition) is 7. The zero-order chi connectivity index (χ0) is 22.8. The van der Waals surface area contributed by atoms with E-state index in [-0.39, 0.29) is 11.8 Å². The van der Waals surface area contributed by atoms with Gasteiger partial charge in [-0.25, -0.2) is 4.79 Å². The first-order chi connectivity index (χ1) is 14.6. The molecule has 4 rings (SSSR count). The highest BCUT2D eigenvalue weighted by molar-refractivity contribution is 5.76. The molecule has 2 aliphatic heterocycles. The smallest absolute Gasteiger partial charge is 0.475 e. The number of carbonyl (C=O) groups is 2. The molecule has 1 fully saturated rings. The SMILES string of the molecule is Cc1ncc2c(c1-c1noc(C3CCC(=O)N(C)C3)n1)CCNC2.O=C(O)C(F)(F)F. The minimum absolute atomic E-state index is 0.114. The third-order valence-electron chi connectivity index (χ3n) is 5.22. The van der Waals surface area contributed by atoms with Gasteiger partial charge in [0.05, 0.1) is 5.92 Å². The van der Waals surface area contributed by atoms with Gasteiger partial charge in [-0.15, -0.1) is 0 Å². The Morgan fingerprint density at radius 1 is 1.35 bits per heavy atom. The lowest BCUT2D eigenvalue weighted by Crippen LogP contribution is -2.35. The number of nitrogens with one attached hydrogen (secondary N) is 1. The predicted octanol–water partition coefficient (Wildman–Crippen LogP) is 2.05. The average molecular weight is 441 g/mol. The molecule has 0 spiro atoms. The summed E-state index contributed by atoms with van der Waals surface area (Å²) in [6.07, 6.45) is -0.910. The lowest BCUT2D eigenvalue weighted by molar-refractivity contribution is -0.192. The number of piperidine rings is 1. The normalized spacial score (nSPS) is 18.8. The van der Waals surface area contributed by atoms with Crippen molar-refractivity contribution in [3.05, 3.63) is 28.9 Å². The van der Waals surface area contributed by atoms with Crippen LogP contribution in [-0.4, -0.2) is 63.3 Å². The van der Waals surface area contributed by atoms with Gasteiger partial charge in [0, 0.05) is 44.0 Å². The number of nitrogens with zero attached hydrogens (tertiary/aromatic N) is 4. The fourth-order valence-corrected chi connectivity index (χ4v) is 3.58. The maximum absolute atomic E-state index is 11.6. The van der Waals surface area contributed by atoms with Crippen LogP contribution in [0.5, 0.6) is 0 Å². The van der Waals surface area contributed by atoms with Gasteiger partial charge >= 0.3 is 12.1 Å². The molecule has 2 aromatic rings. The monoisotopic (exact) mass is 441 g/mol. The second-order valence-electron chi connectivity index (χ2n) is 7.42. The summed E-state index contributed by atoms with van der Waals surface area (Å²) >= 11 is 0. The molecule has 12 heteroatoms. The first-order valence-electron chi connectivity index (χ1n) is 9.64. The van der Waals surface area contributed by atoms with Gasteiger partial charge in [0.15, 0.2) is 0 Å². The van der Waals surface area contributed by atoms with Gasteiger partial charge in [-0.2, -0.15) is 18.2 Å². The molecule has 2 aromatic heterocycles. The van der Waals surface area contributed by atoms with Crippen LogP contribution in [0.1, 0.15) is 41.5 Å². The van der Waals surface area contributed by atoms with Crippen LogP contribution >= 0.6 is 0 Å². The topological polar surface area (TPSA) is 121 Å². The molecular weight excluding hydrogens is 419 g/mol. The number of likely N-dealkylation sites (tertiary alicyclic amines) is 1. The number of halogens is 3. The van der Waals surface area contributed by atoms with Crippen molar-refractivity contribution < 1.29 is 32.4 Å². The van der Waals surface area contributed by atoms with Crippen LogP contribution in [0.25, 0.3) is 11.4 Å². The van der Waals surface area contributed by atoms with E-state index in [9.17, 15) is 18.0 Å². The van der Waals surface area contributed by atoms with E-state index in [0.29, 0.717) is 24.7 Å². The number of pyridine rings is 1. The molecule has 4 heterocycles. The molecule has 0 aromatic carbocycles. The number of rotatable bonds is 2. The van der Waals surface area contributed by atoms with Crippen molar-refractivity contribution in [2.75, 3.05) is 20.1 Å². The standard InChI is InChI=1S/C17H21N5O2.C2HF3O2/c1-10-15(13-5-6-18-7-12(13)8-19-10)16-20-17(24-21-16)11-3-4-14(23)22(2)9-11;3-2(4,5)1(6)7/h8,11,18H,3-7,9H2,1-2H3;(H,6,7). The lowest BCUT2D eigenvalue weighted by Gasteiger charge is -2.27. The lowest BCUT2D eigenvalue weighted by atomic mass is 9.95. The van der Waals surface area contributed by atoms with Crippen LogP contribution in [0.4, 0.5) is 13.2 Å². The molecule has 2 N–H and O–H groups in total. The molecule has 1 amide bonds. The average Bonchev–Trinajstić information content (AvgIpc) is 3.19. The van der Waals surface area contributed by atoms with E-state index in [1.807, 2.05) is 20.2 Å². The van der Waals surface area contributed by atoms with Gasteiger partial charge in [-0.05, 0) is 37.4 Å². The first kappa shape index (κ1) is 22.7. The minimum Gasteiger partial charge on any atom is -0.475 e. The fourth-order valence-electron chi connectivity index (χ4n) is 3.58. The number of hydrogen-bond donors (Lipinski definition) is 2. The molecule has 0 bridgehead atoms. The fraction of sp³-hybridized carbons (Fsp3) is 0.526. The van der Waals surface area contributed by atoms with E-state index < -0.39 is 12.1 Å². The van der Waals surface area contributed by atoms with Crippen molar-refractivity contribution in [3.8, 4) is 11.4 Å². The number of fused-ring (bicyclic) bond motifs is 1. The quantitative estimate of drug-likeness (QED) is 0.726. The summed E-state index contributed by atoms with van der Waals surface area (Å²) in [5, 5.41) is 14.7. The number of aromatic nitrogens is 3. The number of likely N-dealkylation sites (N-methyl/N-ethyl adjacent to an activating group) is 1. The Morgan fingerprint density at radius 2 is 2.06 bits per heavy atom. The van der Waals surface area contributed by atoms with Crippen LogP contribution in [0, 0.1) is 6.92 Å². The highest BCUT2D eigenvalue weighted by atomic mass is 19.4. The second-order valence-corrected chi connectivity index (χ2v) is 7.42. The molecule has 1 atom stereocenters. The highest BCUT2D eigenvalue weighted by Gasteiger charge is 2.38. The van der Waals surface area contributed by atoms with E-state index in [0.717, 1.165) is 37.2 Å².